The highest BCUT2D eigenvalue weighted by molar-refractivity contribution is 8.18. The summed E-state index contributed by atoms with van der Waals surface area (Å²) in [4.78, 5) is 20.4. The Balaban J connectivity index is 1.69. The molecular formula is C19H19ClN4OS2. The van der Waals surface area contributed by atoms with Crippen LogP contribution in [0.25, 0.3) is 6.08 Å². The Morgan fingerprint density at radius 2 is 2.07 bits per heavy atom. The van der Waals surface area contributed by atoms with Gasteiger partial charge in [0.25, 0.3) is 5.91 Å². The van der Waals surface area contributed by atoms with E-state index in [9.17, 15) is 4.79 Å². The molecule has 1 aliphatic carbocycles. The van der Waals surface area contributed by atoms with Gasteiger partial charge in [-0.3, -0.25) is 9.69 Å². The van der Waals surface area contributed by atoms with Crippen LogP contribution in [-0.4, -0.2) is 32.2 Å². The zero-order valence-electron chi connectivity index (χ0n) is 14.9. The molecule has 1 amide bonds. The molecule has 0 N–H and O–H groups in total. The molecule has 0 atom stereocenters. The second-order valence-electron chi connectivity index (χ2n) is 6.63. The first-order valence-electron chi connectivity index (χ1n) is 8.97. The molecule has 2 aliphatic rings. The van der Waals surface area contributed by atoms with Gasteiger partial charge in [0.15, 0.2) is 5.17 Å². The van der Waals surface area contributed by atoms with E-state index in [0.29, 0.717) is 20.2 Å². The highest BCUT2D eigenvalue weighted by Crippen LogP contribution is 2.38. The van der Waals surface area contributed by atoms with Crippen LogP contribution in [0, 0.1) is 6.92 Å². The monoisotopic (exact) mass is 418 g/mol. The number of halogens is 1. The predicted molar refractivity (Wildman–Crippen MR) is 112 cm³/mol. The van der Waals surface area contributed by atoms with Gasteiger partial charge >= 0.3 is 0 Å². The van der Waals surface area contributed by atoms with Gasteiger partial charge in [-0.25, -0.2) is 0 Å². The summed E-state index contributed by atoms with van der Waals surface area (Å²) >= 11 is 8.93. The van der Waals surface area contributed by atoms with Crippen molar-refractivity contribution in [2.24, 2.45) is 4.99 Å². The number of carbonyl (C=O) groups is 1. The van der Waals surface area contributed by atoms with Crippen molar-refractivity contribution in [3.8, 4) is 0 Å². The largest absolute Gasteiger partial charge is 0.283 e. The van der Waals surface area contributed by atoms with Gasteiger partial charge in [-0.15, -0.1) is 10.2 Å². The minimum atomic E-state index is 0.0202. The maximum absolute atomic E-state index is 13.2. The van der Waals surface area contributed by atoms with Crippen LogP contribution in [0.1, 0.15) is 42.7 Å². The molecule has 2 aromatic rings. The minimum Gasteiger partial charge on any atom is -0.283 e. The molecule has 0 unspecified atom stereocenters. The van der Waals surface area contributed by atoms with E-state index in [-0.39, 0.29) is 11.9 Å². The molecule has 5 nitrogen and oxygen atoms in total. The number of benzene rings is 1. The van der Waals surface area contributed by atoms with Crippen LogP contribution in [0.3, 0.4) is 0 Å². The number of thioether (sulfide) groups is 1. The van der Waals surface area contributed by atoms with Crippen LogP contribution in [0.4, 0.5) is 5.13 Å². The van der Waals surface area contributed by atoms with Gasteiger partial charge in [0.1, 0.15) is 5.01 Å². The highest BCUT2D eigenvalue weighted by atomic mass is 35.5. The standard InChI is InChI=1S/C19H19ClN4OS2/c1-12-22-23-18(26-12)21-19-24(15-8-3-2-4-9-15)17(25)16(27-19)11-13-6-5-7-14(20)10-13/h5-7,10-11,15H,2-4,8-9H2,1H3/b16-11-,21-19+. The average Bonchev–Trinajstić information content (AvgIpc) is 3.19. The lowest BCUT2D eigenvalue weighted by Crippen LogP contribution is -2.40. The number of rotatable bonds is 3. The third kappa shape index (κ3) is 4.25. The van der Waals surface area contributed by atoms with Crippen LogP contribution in [0.15, 0.2) is 34.2 Å². The van der Waals surface area contributed by atoms with Crippen molar-refractivity contribution in [2.75, 3.05) is 0 Å². The molecule has 0 radical (unpaired) electrons. The van der Waals surface area contributed by atoms with E-state index in [1.54, 1.807) is 0 Å². The van der Waals surface area contributed by atoms with Crippen LogP contribution in [0.2, 0.25) is 5.02 Å². The molecule has 1 saturated heterocycles. The van der Waals surface area contributed by atoms with E-state index in [0.717, 1.165) is 36.3 Å². The zero-order chi connectivity index (χ0) is 18.8. The smallest absolute Gasteiger partial charge is 0.267 e. The lowest BCUT2D eigenvalue weighted by atomic mass is 9.94. The first kappa shape index (κ1) is 18.7. The summed E-state index contributed by atoms with van der Waals surface area (Å²) in [7, 11) is 0. The van der Waals surface area contributed by atoms with Gasteiger partial charge in [-0.1, -0.05) is 54.3 Å². The van der Waals surface area contributed by atoms with Crippen molar-refractivity contribution in [2.45, 2.75) is 45.1 Å². The van der Waals surface area contributed by atoms with Gasteiger partial charge in [0, 0.05) is 11.1 Å². The maximum Gasteiger partial charge on any atom is 0.267 e. The summed E-state index contributed by atoms with van der Waals surface area (Å²) in [5.41, 5.74) is 0.912. The van der Waals surface area contributed by atoms with Gasteiger partial charge < -0.3 is 0 Å². The number of nitrogens with zero attached hydrogens (tertiary/aromatic N) is 4. The summed E-state index contributed by atoms with van der Waals surface area (Å²) < 4.78 is 0. The Morgan fingerprint density at radius 3 is 2.78 bits per heavy atom. The molecule has 140 valence electrons. The third-order valence-corrected chi connectivity index (χ3v) is 6.58. The van der Waals surface area contributed by atoms with E-state index >= 15 is 0 Å². The molecule has 1 saturated carbocycles. The second kappa shape index (κ2) is 8.12. The van der Waals surface area contributed by atoms with Crippen LogP contribution in [-0.2, 0) is 4.79 Å². The van der Waals surface area contributed by atoms with Crippen molar-refractivity contribution in [3.63, 3.8) is 0 Å². The summed E-state index contributed by atoms with van der Waals surface area (Å²) in [6.07, 6.45) is 7.46. The summed E-state index contributed by atoms with van der Waals surface area (Å²) in [6, 6.07) is 7.72. The van der Waals surface area contributed by atoms with Crippen LogP contribution in [0.5, 0.6) is 0 Å². The average molecular weight is 419 g/mol. The fourth-order valence-corrected chi connectivity index (χ4v) is 5.24. The molecule has 2 fully saturated rings. The van der Waals surface area contributed by atoms with Crippen LogP contribution < -0.4 is 0 Å². The van der Waals surface area contributed by atoms with E-state index in [1.165, 1.54) is 29.5 Å². The summed E-state index contributed by atoms with van der Waals surface area (Å²) in [5.74, 6) is 0.0202. The normalized spacial score (nSPS) is 21.6. The fourth-order valence-electron chi connectivity index (χ4n) is 3.39. The zero-order valence-corrected chi connectivity index (χ0v) is 17.3. The quantitative estimate of drug-likeness (QED) is 0.623. The fraction of sp³-hybridized carbons (Fsp3) is 0.368. The lowest BCUT2D eigenvalue weighted by Gasteiger charge is -2.30. The number of aliphatic imine (C=N–C) groups is 1. The second-order valence-corrected chi connectivity index (χ2v) is 9.24. The van der Waals surface area contributed by atoms with Crippen LogP contribution >= 0.6 is 34.7 Å². The van der Waals surface area contributed by atoms with E-state index in [1.807, 2.05) is 42.2 Å². The Morgan fingerprint density at radius 1 is 1.26 bits per heavy atom. The Bertz CT molecular complexity index is 918. The molecule has 1 aliphatic heterocycles. The van der Waals surface area contributed by atoms with Gasteiger partial charge in [0.05, 0.1) is 4.91 Å². The number of aryl methyl sites for hydroxylation is 1. The number of aromatic nitrogens is 2. The Hall–Kier alpha value is -1.70. The molecule has 8 heteroatoms. The molecule has 0 bridgehead atoms. The highest BCUT2D eigenvalue weighted by Gasteiger charge is 2.38. The molecule has 27 heavy (non-hydrogen) atoms. The van der Waals surface area contributed by atoms with Gasteiger partial charge in [-0.2, -0.15) is 4.99 Å². The van der Waals surface area contributed by atoms with Crippen molar-refractivity contribution >= 4 is 57.0 Å². The summed E-state index contributed by atoms with van der Waals surface area (Å²) in [5, 5.41) is 10.9. The predicted octanol–water partition coefficient (Wildman–Crippen LogP) is 5.44. The number of amidine groups is 1. The molecule has 0 spiro atoms. The van der Waals surface area contributed by atoms with Gasteiger partial charge in [-0.05, 0) is 55.3 Å². The number of hydrogen-bond donors (Lipinski definition) is 0. The molecular weight excluding hydrogens is 400 g/mol. The molecule has 2 heterocycles. The van der Waals surface area contributed by atoms with Crippen molar-refractivity contribution in [1.29, 1.82) is 0 Å². The van der Waals surface area contributed by atoms with Crippen molar-refractivity contribution < 1.29 is 4.79 Å². The Labute approximate surface area is 171 Å². The van der Waals surface area contributed by atoms with E-state index in [2.05, 4.69) is 15.2 Å². The number of amides is 1. The first-order chi connectivity index (χ1) is 13.1. The third-order valence-electron chi connectivity index (χ3n) is 4.63. The number of carbonyl (C=O) groups excluding carboxylic acids is 1. The lowest BCUT2D eigenvalue weighted by molar-refractivity contribution is -0.124. The number of hydrogen-bond acceptors (Lipinski definition) is 6. The SMILES string of the molecule is Cc1nnc(/N=C2/S/C(=C\c3cccc(Cl)c3)C(=O)N2C2CCCCC2)s1. The maximum atomic E-state index is 13.2. The topological polar surface area (TPSA) is 58.5 Å². The molecule has 4 rings (SSSR count). The van der Waals surface area contributed by atoms with Gasteiger partial charge in [0.2, 0.25) is 5.13 Å². The van der Waals surface area contributed by atoms with Crippen molar-refractivity contribution in [3.05, 3.63) is 44.8 Å². The van der Waals surface area contributed by atoms with E-state index < -0.39 is 0 Å². The first-order valence-corrected chi connectivity index (χ1v) is 11.0. The van der Waals surface area contributed by atoms with E-state index in [4.69, 9.17) is 11.6 Å². The minimum absolute atomic E-state index is 0.0202. The molecule has 1 aromatic heterocycles. The Kier molecular flexibility index (Phi) is 5.61. The summed E-state index contributed by atoms with van der Waals surface area (Å²) in [6.45, 7) is 1.90. The molecule has 1 aromatic carbocycles. The van der Waals surface area contributed by atoms with Crippen molar-refractivity contribution in [1.82, 2.24) is 15.1 Å².